The van der Waals surface area contributed by atoms with Gasteiger partial charge in [-0.05, 0) is 41.8 Å². The maximum absolute atomic E-state index is 13.5. The van der Waals surface area contributed by atoms with Crippen LogP contribution in [-0.4, -0.2) is 43.0 Å². The number of benzene rings is 2. The van der Waals surface area contributed by atoms with Crippen LogP contribution in [0.5, 0.6) is 0 Å². The second-order valence-electron chi connectivity index (χ2n) is 7.73. The Hall–Kier alpha value is -2.74. The summed E-state index contributed by atoms with van der Waals surface area (Å²) in [5.41, 5.74) is 3.26. The van der Waals surface area contributed by atoms with E-state index in [1.807, 2.05) is 49.3 Å². The standard InChI is InChI=1S/C23H25N3O3S/c1-25(2)19-11-9-17(10-12-19)14-21-23(27)20-7-3-4-8-22(20)30(28,29)26(21)16-18-6-5-13-24-15-18/h3-13,15,21,23,27H,14,16H2,1-2H3/t21-,23+/m1/s1. The van der Waals surface area contributed by atoms with Crippen molar-refractivity contribution in [2.45, 2.75) is 30.0 Å². The lowest BCUT2D eigenvalue weighted by Gasteiger charge is -2.39. The molecule has 0 amide bonds. The lowest BCUT2D eigenvalue weighted by molar-refractivity contribution is 0.0769. The molecule has 1 aliphatic rings. The van der Waals surface area contributed by atoms with Gasteiger partial charge >= 0.3 is 0 Å². The van der Waals surface area contributed by atoms with Crippen LogP contribution in [0.1, 0.15) is 22.8 Å². The van der Waals surface area contributed by atoms with Gasteiger partial charge in [0, 0.05) is 44.3 Å². The highest BCUT2D eigenvalue weighted by molar-refractivity contribution is 7.89. The summed E-state index contributed by atoms with van der Waals surface area (Å²) >= 11 is 0. The Morgan fingerprint density at radius 3 is 2.40 bits per heavy atom. The smallest absolute Gasteiger partial charge is 0.244 e. The lowest BCUT2D eigenvalue weighted by atomic mass is 9.95. The predicted octanol–water partition coefficient (Wildman–Crippen LogP) is 3.00. The maximum atomic E-state index is 13.5. The number of hydrogen-bond donors (Lipinski definition) is 1. The average Bonchev–Trinajstić information content (AvgIpc) is 2.76. The number of nitrogens with zero attached hydrogens (tertiary/aromatic N) is 3. The second kappa shape index (κ2) is 8.18. The number of aliphatic hydroxyl groups is 1. The number of hydrogen-bond acceptors (Lipinski definition) is 5. The van der Waals surface area contributed by atoms with E-state index >= 15 is 0 Å². The van der Waals surface area contributed by atoms with Crippen molar-refractivity contribution in [1.29, 1.82) is 0 Å². The van der Waals surface area contributed by atoms with E-state index < -0.39 is 22.2 Å². The summed E-state index contributed by atoms with van der Waals surface area (Å²) in [6, 6.07) is 17.7. The van der Waals surface area contributed by atoms with Gasteiger partial charge in [0.05, 0.1) is 17.0 Å². The summed E-state index contributed by atoms with van der Waals surface area (Å²) in [6.07, 6.45) is 2.80. The van der Waals surface area contributed by atoms with Crippen molar-refractivity contribution in [2.75, 3.05) is 19.0 Å². The first-order valence-electron chi connectivity index (χ1n) is 9.82. The van der Waals surface area contributed by atoms with E-state index in [4.69, 9.17) is 0 Å². The summed E-state index contributed by atoms with van der Waals surface area (Å²) in [5, 5.41) is 11.2. The minimum Gasteiger partial charge on any atom is -0.387 e. The van der Waals surface area contributed by atoms with E-state index in [2.05, 4.69) is 4.98 Å². The minimum absolute atomic E-state index is 0.155. The van der Waals surface area contributed by atoms with Crippen molar-refractivity contribution < 1.29 is 13.5 Å². The highest BCUT2D eigenvalue weighted by Crippen LogP contribution is 2.39. The molecule has 0 spiro atoms. The summed E-state index contributed by atoms with van der Waals surface area (Å²) in [5.74, 6) is 0. The molecular weight excluding hydrogens is 398 g/mol. The number of aromatic nitrogens is 1. The molecular formula is C23H25N3O3S. The normalized spacial score (nSPS) is 20.5. The molecule has 2 heterocycles. The largest absolute Gasteiger partial charge is 0.387 e. The Labute approximate surface area is 177 Å². The van der Waals surface area contributed by atoms with E-state index in [9.17, 15) is 13.5 Å². The molecule has 1 N–H and O–H groups in total. The molecule has 4 rings (SSSR count). The Kier molecular flexibility index (Phi) is 5.60. The molecule has 30 heavy (non-hydrogen) atoms. The topological polar surface area (TPSA) is 73.7 Å². The van der Waals surface area contributed by atoms with Crippen LogP contribution in [0, 0.1) is 0 Å². The number of aliphatic hydroxyl groups excluding tert-OH is 1. The van der Waals surface area contributed by atoms with E-state index in [0.717, 1.165) is 16.8 Å². The molecule has 1 aliphatic heterocycles. The van der Waals surface area contributed by atoms with Gasteiger partial charge in [0.1, 0.15) is 0 Å². The highest BCUT2D eigenvalue weighted by atomic mass is 32.2. The van der Waals surface area contributed by atoms with Gasteiger partial charge in [-0.15, -0.1) is 0 Å². The van der Waals surface area contributed by atoms with Crippen LogP contribution >= 0.6 is 0 Å². The monoisotopic (exact) mass is 423 g/mol. The molecule has 0 bridgehead atoms. The first kappa shape index (κ1) is 20.5. The molecule has 3 aromatic rings. The van der Waals surface area contributed by atoms with Gasteiger partial charge in [-0.3, -0.25) is 4.98 Å². The van der Waals surface area contributed by atoms with Gasteiger partial charge in [-0.2, -0.15) is 4.31 Å². The van der Waals surface area contributed by atoms with Crippen molar-refractivity contribution in [3.05, 3.63) is 89.7 Å². The predicted molar refractivity (Wildman–Crippen MR) is 117 cm³/mol. The van der Waals surface area contributed by atoms with Gasteiger partial charge < -0.3 is 10.0 Å². The zero-order chi connectivity index (χ0) is 21.3. The van der Waals surface area contributed by atoms with Gasteiger partial charge in [0.2, 0.25) is 10.0 Å². The summed E-state index contributed by atoms with van der Waals surface area (Å²) < 4.78 is 28.4. The summed E-state index contributed by atoms with van der Waals surface area (Å²) in [7, 11) is 0.175. The summed E-state index contributed by atoms with van der Waals surface area (Å²) in [4.78, 5) is 6.28. The molecule has 0 fully saturated rings. The van der Waals surface area contributed by atoms with Crippen molar-refractivity contribution in [1.82, 2.24) is 9.29 Å². The van der Waals surface area contributed by atoms with Crippen LogP contribution in [0.4, 0.5) is 5.69 Å². The molecule has 6 nitrogen and oxygen atoms in total. The van der Waals surface area contributed by atoms with Gasteiger partial charge in [0.15, 0.2) is 0 Å². The van der Waals surface area contributed by atoms with Crippen LogP contribution < -0.4 is 4.90 Å². The number of anilines is 1. The molecule has 1 aromatic heterocycles. The van der Waals surface area contributed by atoms with Crippen LogP contribution in [0.15, 0.2) is 78.0 Å². The zero-order valence-electron chi connectivity index (χ0n) is 17.0. The van der Waals surface area contributed by atoms with Gasteiger partial charge in [-0.25, -0.2) is 8.42 Å². The molecule has 0 saturated heterocycles. The van der Waals surface area contributed by atoms with Crippen molar-refractivity contribution in [3.63, 3.8) is 0 Å². The highest BCUT2D eigenvalue weighted by Gasteiger charge is 2.43. The molecule has 7 heteroatoms. The fourth-order valence-corrected chi connectivity index (χ4v) is 5.74. The van der Waals surface area contributed by atoms with E-state index in [1.165, 1.54) is 4.31 Å². The van der Waals surface area contributed by atoms with Crippen LogP contribution in [0.3, 0.4) is 0 Å². The van der Waals surface area contributed by atoms with Crippen LogP contribution in [0.2, 0.25) is 0 Å². The summed E-state index contributed by atoms with van der Waals surface area (Å²) in [6.45, 7) is 0.155. The van der Waals surface area contributed by atoms with Gasteiger partial charge in [0.25, 0.3) is 0 Å². The maximum Gasteiger partial charge on any atom is 0.244 e. The zero-order valence-corrected chi connectivity index (χ0v) is 17.8. The Morgan fingerprint density at radius 2 is 1.73 bits per heavy atom. The van der Waals surface area contributed by atoms with E-state index in [0.29, 0.717) is 12.0 Å². The Morgan fingerprint density at radius 1 is 1.00 bits per heavy atom. The fraction of sp³-hybridized carbons (Fsp3) is 0.261. The number of fused-ring (bicyclic) bond motifs is 1. The van der Waals surface area contributed by atoms with Crippen molar-refractivity contribution in [3.8, 4) is 0 Å². The first-order chi connectivity index (χ1) is 14.4. The molecule has 0 radical (unpaired) electrons. The SMILES string of the molecule is CN(C)c1ccc(C[C@@H]2[C@@H](O)c3ccccc3S(=O)(=O)N2Cc2cccnc2)cc1. The van der Waals surface area contributed by atoms with Gasteiger partial charge in [-0.1, -0.05) is 36.4 Å². The average molecular weight is 424 g/mol. The minimum atomic E-state index is -3.77. The molecule has 0 aliphatic carbocycles. The molecule has 156 valence electrons. The quantitative estimate of drug-likeness (QED) is 0.683. The molecule has 2 aromatic carbocycles. The number of rotatable bonds is 5. The van der Waals surface area contributed by atoms with Crippen LogP contribution in [-0.2, 0) is 23.0 Å². The van der Waals surface area contributed by atoms with E-state index in [-0.39, 0.29) is 11.4 Å². The third-order valence-electron chi connectivity index (χ3n) is 5.52. The molecule has 2 atom stereocenters. The first-order valence-corrected chi connectivity index (χ1v) is 11.3. The van der Waals surface area contributed by atoms with E-state index in [1.54, 1.807) is 42.7 Å². The molecule has 0 unspecified atom stereocenters. The molecule has 0 saturated carbocycles. The fourth-order valence-electron chi connectivity index (χ4n) is 3.89. The van der Waals surface area contributed by atoms with Crippen molar-refractivity contribution in [2.24, 2.45) is 0 Å². The number of pyridine rings is 1. The van der Waals surface area contributed by atoms with Crippen LogP contribution in [0.25, 0.3) is 0 Å². The lowest BCUT2D eigenvalue weighted by Crippen LogP contribution is -2.48. The van der Waals surface area contributed by atoms with Crippen molar-refractivity contribution >= 4 is 15.7 Å². The number of sulfonamides is 1. The Bertz CT molecular complexity index is 1120. The third-order valence-corrected chi connectivity index (χ3v) is 7.46. The second-order valence-corrected chi connectivity index (χ2v) is 9.59. The Balaban J connectivity index is 1.74. The third kappa shape index (κ3) is 3.84.